The van der Waals surface area contributed by atoms with Crippen molar-refractivity contribution in [1.29, 1.82) is 0 Å². The molecule has 6 nitrogen and oxygen atoms in total. The van der Waals surface area contributed by atoms with Gasteiger partial charge in [-0.15, -0.1) is 11.8 Å². The van der Waals surface area contributed by atoms with Crippen LogP contribution in [0.4, 0.5) is 15.8 Å². The number of amides is 1. The number of carbonyl (C=O) groups is 1. The number of rotatable bonds is 6. The van der Waals surface area contributed by atoms with Crippen LogP contribution >= 0.6 is 11.8 Å². The maximum absolute atomic E-state index is 13.2. The van der Waals surface area contributed by atoms with Crippen molar-refractivity contribution in [3.8, 4) is 0 Å². The van der Waals surface area contributed by atoms with Crippen LogP contribution in [0.15, 0.2) is 52.3 Å². The zero-order chi connectivity index (χ0) is 21.9. The summed E-state index contributed by atoms with van der Waals surface area (Å²) in [6, 6.07) is 11.0. The molecular weight excluding hydrogens is 425 g/mol. The Labute approximate surface area is 181 Å². The van der Waals surface area contributed by atoms with Gasteiger partial charge in [0.2, 0.25) is 15.9 Å². The highest BCUT2D eigenvalue weighted by molar-refractivity contribution is 7.98. The Bertz CT molecular complexity index is 1000. The average Bonchev–Trinajstić information content (AvgIpc) is 2.74. The van der Waals surface area contributed by atoms with Gasteiger partial charge in [0.15, 0.2) is 0 Å². The molecular formula is C21H26FN3O3S2. The first-order valence-electron chi connectivity index (χ1n) is 9.72. The first kappa shape index (κ1) is 22.6. The summed E-state index contributed by atoms with van der Waals surface area (Å²) >= 11 is 1.45. The van der Waals surface area contributed by atoms with Crippen molar-refractivity contribution < 1.29 is 17.6 Å². The Morgan fingerprint density at radius 3 is 2.27 bits per heavy atom. The van der Waals surface area contributed by atoms with E-state index in [0.717, 1.165) is 10.6 Å². The SMILES string of the molecule is CSc1ccc(S(=O)(=O)N2CCN(c3ccc(F)cc3)CC2)cc1NC(=O)C(C)C. The van der Waals surface area contributed by atoms with E-state index in [9.17, 15) is 17.6 Å². The zero-order valence-electron chi connectivity index (χ0n) is 17.3. The van der Waals surface area contributed by atoms with Crippen LogP contribution < -0.4 is 10.2 Å². The van der Waals surface area contributed by atoms with Crippen molar-refractivity contribution in [3.05, 3.63) is 48.3 Å². The van der Waals surface area contributed by atoms with Crippen molar-refractivity contribution in [1.82, 2.24) is 4.31 Å². The molecule has 2 aromatic carbocycles. The van der Waals surface area contributed by atoms with Crippen LogP contribution in [0.2, 0.25) is 0 Å². The molecule has 1 aliphatic heterocycles. The highest BCUT2D eigenvalue weighted by Crippen LogP contribution is 2.30. The monoisotopic (exact) mass is 451 g/mol. The summed E-state index contributed by atoms with van der Waals surface area (Å²) in [5.41, 5.74) is 1.38. The summed E-state index contributed by atoms with van der Waals surface area (Å²) in [6.45, 7) is 5.27. The Kier molecular flexibility index (Phi) is 7.05. The third-order valence-electron chi connectivity index (χ3n) is 5.02. The molecule has 162 valence electrons. The molecule has 1 saturated heterocycles. The van der Waals surface area contributed by atoms with Gasteiger partial charge in [-0.3, -0.25) is 4.79 Å². The summed E-state index contributed by atoms with van der Waals surface area (Å²) in [6.07, 6.45) is 1.88. The second kappa shape index (κ2) is 9.36. The van der Waals surface area contributed by atoms with Gasteiger partial charge in [0.1, 0.15) is 5.82 Å². The molecule has 30 heavy (non-hydrogen) atoms. The minimum Gasteiger partial charge on any atom is -0.369 e. The van der Waals surface area contributed by atoms with E-state index in [1.807, 2.05) is 11.2 Å². The first-order chi connectivity index (χ1) is 14.2. The molecule has 1 N–H and O–H groups in total. The van der Waals surface area contributed by atoms with Gasteiger partial charge >= 0.3 is 0 Å². The number of carbonyl (C=O) groups excluding carboxylic acids is 1. The molecule has 0 radical (unpaired) electrons. The lowest BCUT2D eigenvalue weighted by atomic mass is 10.2. The lowest BCUT2D eigenvalue weighted by molar-refractivity contribution is -0.118. The van der Waals surface area contributed by atoms with E-state index in [4.69, 9.17) is 0 Å². The third-order valence-corrected chi connectivity index (χ3v) is 7.71. The number of thioether (sulfide) groups is 1. The predicted molar refractivity (Wildman–Crippen MR) is 119 cm³/mol. The van der Waals surface area contributed by atoms with Crippen LogP contribution in [0.5, 0.6) is 0 Å². The fraction of sp³-hybridized carbons (Fsp3) is 0.381. The van der Waals surface area contributed by atoms with Crippen LogP contribution in [-0.2, 0) is 14.8 Å². The van der Waals surface area contributed by atoms with Crippen LogP contribution in [0, 0.1) is 11.7 Å². The number of sulfonamides is 1. The van der Waals surface area contributed by atoms with Crippen molar-refractivity contribution in [2.45, 2.75) is 23.6 Å². The van der Waals surface area contributed by atoms with Gasteiger partial charge in [-0.25, -0.2) is 12.8 Å². The van der Waals surface area contributed by atoms with E-state index in [-0.39, 0.29) is 22.5 Å². The van der Waals surface area contributed by atoms with Gasteiger partial charge in [0.05, 0.1) is 10.6 Å². The Morgan fingerprint density at radius 1 is 1.07 bits per heavy atom. The summed E-state index contributed by atoms with van der Waals surface area (Å²) in [5.74, 6) is -0.665. The Morgan fingerprint density at radius 2 is 1.70 bits per heavy atom. The molecule has 1 heterocycles. The molecule has 1 aliphatic rings. The van der Waals surface area contributed by atoms with Crippen molar-refractivity contribution in [2.75, 3.05) is 42.7 Å². The van der Waals surface area contributed by atoms with E-state index in [0.29, 0.717) is 31.9 Å². The van der Waals surface area contributed by atoms with Crippen molar-refractivity contribution in [2.24, 2.45) is 5.92 Å². The lowest BCUT2D eigenvalue weighted by Crippen LogP contribution is -2.48. The largest absolute Gasteiger partial charge is 0.369 e. The number of piperazine rings is 1. The van der Waals surface area contributed by atoms with Crippen LogP contribution in [0.3, 0.4) is 0 Å². The summed E-state index contributed by atoms with van der Waals surface area (Å²) in [5, 5.41) is 2.83. The summed E-state index contributed by atoms with van der Waals surface area (Å²) in [7, 11) is -3.69. The van der Waals surface area contributed by atoms with E-state index < -0.39 is 10.0 Å². The highest BCUT2D eigenvalue weighted by atomic mass is 32.2. The molecule has 0 atom stereocenters. The Balaban J connectivity index is 1.77. The average molecular weight is 452 g/mol. The third kappa shape index (κ3) is 4.96. The van der Waals surface area contributed by atoms with E-state index in [1.54, 1.807) is 38.1 Å². The zero-order valence-corrected chi connectivity index (χ0v) is 18.9. The molecule has 0 aromatic heterocycles. The van der Waals surface area contributed by atoms with Crippen molar-refractivity contribution >= 4 is 39.1 Å². The number of nitrogens with one attached hydrogen (secondary N) is 1. The minimum atomic E-state index is -3.69. The minimum absolute atomic E-state index is 0.159. The molecule has 0 spiro atoms. The number of hydrogen-bond acceptors (Lipinski definition) is 5. The number of nitrogens with zero attached hydrogens (tertiary/aromatic N) is 2. The second-order valence-corrected chi connectivity index (χ2v) is 10.2. The molecule has 0 aliphatic carbocycles. The van der Waals surface area contributed by atoms with Gasteiger partial charge in [-0.05, 0) is 48.7 Å². The summed E-state index contributed by atoms with van der Waals surface area (Å²) in [4.78, 5) is 15.1. The standard InChI is InChI=1S/C21H26FN3O3S2/c1-15(2)21(26)23-19-14-18(8-9-20(19)29-3)30(27,28)25-12-10-24(11-13-25)17-6-4-16(22)5-7-17/h4-9,14-15H,10-13H2,1-3H3,(H,23,26). The topological polar surface area (TPSA) is 69.7 Å². The predicted octanol–water partition coefficient (Wildman–Crippen LogP) is 3.65. The lowest BCUT2D eigenvalue weighted by Gasteiger charge is -2.35. The van der Waals surface area contributed by atoms with Gasteiger partial charge in [0, 0.05) is 42.7 Å². The van der Waals surface area contributed by atoms with Crippen LogP contribution in [0.25, 0.3) is 0 Å². The fourth-order valence-corrected chi connectivity index (χ4v) is 5.19. The van der Waals surface area contributed by atoms with Gasteiger partial charge < -0.3 is 10.2 Å². The summed E-state index contributed by atoms with van der Waals surface area (Å²) < 4.78 is 41.0. The normalized spacial score (nSPS) is 15.4. The molecule has 9 heteroatoms. The Hall–Kier alpha value is -2.10. The van der Waals surface area contributed by atoms with Crippen LogP contribution in [-0.4, -0.2) is 51.1 Å². The van der Waals surface area contributed by atoms with Crippen molar-refractivity contribution in [3.63, 3.8) is 0 Å². The van der Waals surface area contributed by atoms with Crippen LogP contribution in [0.1, 0.15) is 13.8 Å². The molecule has 0 unspecified atom stereocenters. The molecule has 1 amide bonds. The quantitative estimate of drug-likeness (QED) is 0.679. The van der Waals surface area contributed by atoms with E-state index in [2.05, 4.69) is 5.32 Å². The molecule has 1 fully saturated rings. The van der Waals surface area contributed by atoms with E-state index >= 15 is 0 Å². The highest BCUT2D eigenvalue weighted by Gasteiger charge is 2.29. The number of benzene rings is 2. The maximum atomic E-state index is 13.2. The maximum Gasteiger partial charge on any atom is 0.243 e. The number of halogens is 1. The molecule has 0 saturated carbocycles. The van der Waals surface area contributed by atoms with E-state index in [1.165, 1.54) is 34.3 Å². The van der Waals surface area contributed by atoms with Gasteiger partial charge in [-0.2, -0.15) is 4.31 Å². The number of anilines is 2. The first-order valence-corrected chi connectivity index (χ1v) is 12.4. The van der Waals surface area contributed by atoms with Gasteiger partial charge in [0.25, 0.3) is 0 Å². The fourth-order valence-electron chi connectivity index (χ4n) is 3.21. The van der Waals surface area contributed by atoms with Gasteiger partial charge in [-0.1, -0.05) is 13.8 Å². The second-order valence-electron chi connectivity index (χ2n) is 7.37. The number of hydrogen-bond donors (Lipinski definition) is 1. The smallest absolute Gasteiger partial charge is 0.243 e. The molecule has 3 rings (SSSR count). The molecule has 0 bridgehead atoms. The molecule has 2 aromatic rings.